The van der Waals surface area contributed by atoms with Crippen molar-refractivity contribution in [3.63, 3.8) is 0 Å². The van der Waals surface area contributed by atoms with Gasteiger partial charge in [0.2, 0.25) is 15.9 Å². The molecule has 0 aromatic heterocycles. The van der Waals surface area contributed by atoms with Crippen LogP contribution in [-0.2, 0) is 19.6 Å². The van der Waals surface area contributed by atoms with Gasteiger partial charge < -0.3 is 9.47 Å². The number of nitrogens with zero attached hydrogens (tertiary/aromatic N) is 1. The number of benzene rings is 2. The average Bonchev–Trinajstić information content (AvgIpc) is 3.01. The number of carbonyl (C=O) groups excluding carboxylic acids is 1. The second kappa shape index (κ2) is 7.95. The molecule has 0 spiro atoms. The highest BCUT2D eigenvalue weighted by atomic mass is 32.2. The number of hydrogen-bond acceptors (Lipinski definition) is 6. The van der Waals surface area contributed by atoms with Crippen LogP contribution in [0.25, 0.3) is 6.08 Å². The fraction of sp³-hybridized carbons (Fsp3) is 0.200. The summed E-state index contributed by atoms with van der Waals surface area (Å²) in [5.41, 5.74) is 1.41. The van der Waals surface area contributed by atoms with Crippen LogP contribution in [-0.4, -0.2) is 33.4 Å². The lowest BCUT2D eigenvalue weighted by Crippen LogP contribution is -2.30. The van der Waals surface area contributed by atoms with E-state index >= 15 is 0 Å². The fourth-order valence-electron chi connectivity index (χ4n) is 2.58. The molecule has 0 unspecified atom stereocenters. The zero-order valence-corrected chi connectivity index (χ0v) is 16.5. The molecule has 0 bridgehead atoms. The maximum Gasteiger partial charge on any atom is 0.363 e. The van der Waals surface area contributed by atoms with Crippen LogP contribution in [0.2, 0.25) is 0 Å². The van der Waals surface area contributed by atoms with Crippen molar-refractivity contribution >= 4 is 28.0 Å². The molecule has 1 heterocycles. The summed E-state index contributed by atoms with van der Waals surface area (Å²) in [6.45, 7) is 3.49. The fourth-order valence-corrected chi connectivity index (χ4v) is 3.83. The number of cyclic esters (lactones) is 1. The van der Waals surface area contributed by atoms with Gasteiger partial charge in [-0.05, 0) is 61.9 Å². The monoisotopic (exact) mass is 400 g/mol. The number of sulfonamides is 1. The molecule has 146 valence electrons. The van der Waals surface area contributed by atoms with Crippen molar-refractivity contribution in [3.05, 3.63) is 65.4 Å². The zero-order valence-electron chi connectivity index (χ0n) is 15.7. The maximum atomic E-state index is 12.2. The van der Waals surface area contributed by atoms with Crippen molar-refractivity contribution in [3.8, 4) is 5.75 Å². The first-order chi connectivity index (χ1) is 13.3. The Morgan fingerprint density at radius 2 is 1.86 bits per heavy atom. The summed E-state index contributed by atoms with van der Waals surface area (Å²) in [6.07, 6.45) is 1.60. The van der Waals surface area contributed by atoms with E-state index in [1.165, 1.54) is 12.1 Å². The number of ether oxygens (including phenoxy) is 2. The second-order valence-electron chi connectivity index (χ2n) is 6.41. The number of esters is 1. The van der Waals surface area contributed by atoms with E-state index in [4.69, 9.17) is 9.47 Å². The van der Waals surface area contributed by atoms with Gasteiger partial charge in [-0.1, -0.05) is 12.1 Å². The quantitative estimate of drug-likeness (QED) is 0.594. The highest BCUT2D eigenvalue weighted by Gasteiger charge is 2.25. The molecule has 8 heteroatoms. The third-order valence-corrected chi connectivity index (χ3v) is 5.49. The van der Waals surface area contributed by atoms with Crippen LogP contribution in [0.4, 0.5) is 0 Å². The maximum absolute atomic E-state index is 12.2. The molecule has 0 saturated carbocycles. The second-order valence-corrected chi connectivity index (χ2v) is 8.13. The van der Waals surface area contributed by atoms with Gasteiger partial charge in [0, 0.05) is 11.6 Å². The van der Waals surface area contributed by atoms with Crippen molar-refractivity contribution < 1.29 is 22.7 Å². The normalized spacial score (nSPS) is 15.6. The molecule has 1 N–H and O–H groups in total. The van der Waals surface area contributed by atoms with Gasteiger partial charge in [-0.2, -0.15) is 0 Å². The number of aliphatic imine (C=N–C) groups is 1. The first kappa shape index (κ1) is 19.8. The predicted octanol–water partition coefficient (Wildman–Crippen LogP) is 2.73. The van der Waals surface area contributed by atoms with Gasteiger partial charge in [-0.25, -0.2) is 22.9 Å². The number of hydrogen-bond donors (Lipinski definition) is 1. The van der Waals surface area contributed by atoms with Gasteiger partial charge in [-0.15, -0.1) is 0 Å². The molecule has 1 aliphatic heterocycles. The van der Waals surface area contributed by atoms with Crippen molar-refractivity contribution in [2.45, 2.75) is 24.8 Å². The van der Waals surface area contributed by atoms with E-state index in [1.807, 2.05) is 6.07 Å². The largest absolute Gasteiger partial charge is 0.497 e. The Morgan fingerprint density at radius 3 is 2.50 bits per heavy atom. The van der Waals surface area contributed by atoms with Crippen LogP contribution in [0.5, 0.6) is 5.75 Å². The number of carbonyl (C=O) groups is 1. The van der Waals surface area contributed by atoms with Crippen molar-refractivity contribution in [1.82, 2.24) is 4.72 Å². The van der Waals surface area contributed by atoms with Gasteiger partial charge in [0.1, 0.15) is 5.75 Å². The Balaban J connectivity index is 1.85. The number of methoxy groups -OCH3 is 1. The van der Waals surface area contributed by atoms with Crippen LogP contribution in [0.3, 0.4) is 0 Å². The lowest BCUT2D eigenvalue weighted by molar-refractivity contribution is -0.129. The highest BCUT2D eigenvalue weighted by molar-refractivity contribution is 7.89. The lowest BCUT2D eigenvalue weighted by atomic mass is 10.2. The molecule has 1 aliphatic rings. The van der Waals surface area contributed by atoms with Crippen LogP contribution in [0, 0.1) is 0 Å². The molecular weight excluding hydrogens is 380 g/mol. The highest BCUT2D eigenvalue weighted by Crippen LogP contribution is 2.22. The predicted molar refractivity (Wildman–Crippen MR) is 105 cm³/mol. The summed E-state index contributed by atoms with van der Waals surface area (Å²) in [6, 6.07) is 13.0. The first-order valence-corrected chi connectivity index (χ1v) is 10.1. The van der Waals surface area contributed by atoms with Crippen LogP contribution < -0.4 is 9.46 Å². The Kier molecular flexibility index (Phi) is 5.62. The van der Waals surface area contributed by atoms with Crippen LogP contribution in [0.15, 0.2) is 64.1 Å². The van der Waals surface area contributed by atoms with E-state index in [2.05, 4.69) is 9.71 Å². The van der Waals surface area contributed by atoms with Gasteiger partial charge in [-0.3, -0.25) is 0 Å². The summed E-state index contributed by atoms with van der Waals surface area (Å²) < 4.78 is 37.3. The SMILES string of the molecule is COc1cccc(/C=C2\N=C(c3ccc(S(=O)(=O)NC(C)C)cc3)OC2=O)c1. The molecule has 3 rings (SSSR count). The minimum absolute atomic E-state index is 0.125. The average molecular weight is 400 g/mol. The van der Waals surface area contributed by atoms with Crippen LogP contribution >= 0.6 is 0 Å². The number of nitrogens with one attached hydrogen (secondary N) is 1. The molecule has 2 aromatic carbocycles. The molecule has 0 fully saturated rings. The van der Waals surface area contributed by atoms with Gasteiger partial charge in [0.15, 0.2) is 5.70 Å². The molecule has 0 atom stereocenters. The Labute approximate surface area is 163 Å². The zero-order chi connectivity index (χ0) is 20.3. The van der Waals surface area contributed by atoms with Gasteiger partial charge in [0.05, 0.1) is 12.0 Å². The van der Waals surface area contributed by atoms with E-state index < -0.39 is 16.0 Å². The summed E-state index contributed by atoms with van der Waals surface area (Å²) in [4.78, 5) is 16.5. The van der Waals surface area contributed by atoms with Crippen molar-refractivity contribution in [2.24, 2.45) is 4.99 Å². The molecule has 0 radical (unpaired) electrons. The van der Waals surface area contributed by atoms with E-state index in [0.29, 0.717) is 11.3 Å². The molecule has 0 aliphatic carbocycles. The number of rotatable bonds is 6. The molecule has 0 amide bonds. The van der Waals surface area contributed by atoms with Gasteiger partial charge >= 0.3 is 5.97 Å². The summed E-state index contributed by atoms with van der Waals surface area (Å²) >= 11 is 0. The smallest absolute Gasteiger partial charge is 0.363 e. The van der Waals surface area contributed by atoms with Crippen LogP contribution in [0.1, 0.15) is 25.0 Å². The van der Waals surface area contributed by atoms with Crippen molar-refractivity contribution in [2.75, 3.05) is 7.11 Å². The first-order valence-electron chi connectivity index (χ1n) is 8.58. The summed E-state index contributed by atoms with van der Waals surface area (Å²) in [5.74, 6) is 0.215. The molecule has 2 aromatic rings. The molecule has 28 heavy (non-hydrogen) atoms. The van der Waals surface area contributed by atoms with E-state index in [1.54, 1.807) is 57.4 Å². The topological polar surface area (TPSA) is 94.1 Å². The molecule has 7 nitrogen and oxygen atoms in total. The Morgan fingerprint density at radius 1 is 1.14 bits per heavy atom. The third kappa shape index (κ3) is 4.47. The minimum Gasteiger partial charge on any atom is -0.497 e. The summed E-state index contributed by atoms with van der Waals surface area (Å²) in [7, 11) is -2.03. The minimum atomic E-state index is -3.59. The third-order valence-electron chi connectivity index (χ3n) is 3.82. The van der Waals surface area contributed by atoms with Crippen molar-refractivity contribution in [1.29, 1.82) is 0 Å². The Bertz CT molecular complexity index is 1050. The lowest BCUT2D eigenvalue weighted by Gasteiger charge is -2.09. The van der Waals surface area contributed by atoms with E-state index in [-0.39, 0.29) is 22.5 Å². The standard InChI is InChI=1S/C20H20N2O5S/c1-13(2)22-28(24,25)17-9-7-15(8-10-17)19-21-18(20(23)27-19)12-14-5-4-6-16(11-14)26-3/h4-13,22H,1-3H3/b18-12-. The Hall–Kier alpha value is -2.97. The van der Waals surface area contributed by atoms with Gasteiger partial charge in [0.25, 0.3) is 0 Å². The van der Waals surface area contributed by atoms with E-state index in [0.717, 1.165) is 5.56 Å². The molecule has 0 saturated heterocycles. The van der Waals surface area contributed by atoms with E-state index in [9.17, 15) is 13.2 Å². The summed E-state index contributed by atoms with van der Waals surface area (Å²) in [5, 5.41) is 0. The molecular formula is C20H20N2O5S.